The first-order chi connectivity index (χ1) is 16.5. The van der Waals surface area contributed by atoms with Crippen molar-refractivity contribution in [3.63, 3.8) is 0 Å². The van der Waals surface area contributed by atoms with E-state index in [9.17, 15) is 0 Å². The van der Waals surface area contributed by atoms with E-state index in [2.05, 4.69) is 117 Å². The van der Waals surface area contributed by atoms with E-state index in [0.29, 0.717) is 12.1 Å². The average molecular weight is 509 g/mol. The van der Waals surface area contributed by atoms with E-state index in [1.54, 1.807) is 0 Å². The molecule has 0 aromatic heterocycles. The zero-order valence-electron chi connectivity index (χ0n) is 27.3. The van der Waals surface area contributed by atoms with Crippen molar-refractivity contribution in [1.82, 2.24) is 20.4 Å². The van der Waals surface area contributed by atoms with Gasteiger partial charge in [0.15, 0.2) is 0 Å². The lowest BCUT2D eigenvalue weighted by Gasteiger charge is -2.57. The molecule has 4 heteroatoms. The first-order valence-corrected chi connectivity index (χ1v) is 15.6. The molecule has 4 nitrogen and oxygen atoms in total. The fourth-order valence-electron chi connectivity index (χ4n) is 7.26. The SMILES string of the molecule is CCCC(CC(C)(C)NCC)N(CN(C1CC(C)(C)NC(C)(C)C1)C(C)(CC)CC)C(C)(CC)CC. The molecule has 0 saturated carbocycles. The minimum Gasteiger partial charge on any atom is -0.312 e. The molecule has 0 aromatic carbocycles. The van der Waals surface area contributed by atoms with Gasteiger partial charge in [-0.1, -0.05) is 48.0 Å². The highest BCUT2D eigenvalue weighted by atomic mass is 15.4. The summed E-state index contributed by atoms with van der Waals surface area (Å²) in [5, 5.41) is 7.75. The van der Waals surface area contributed by atoms with Gasteiger partial charge in [-0.3, -0.25) is 9.80 Å². The van der Waals surface area contributed by atoms with Crippen molar-refractivity contribution in [3.05, 3.63) is 0 Å². The van der Waals surface area contributed by atoms with Gasteiger partial charge in [-0.2, -0.15) is 0 Å². The lowest BCUT2D eigenvalue weighted by Crippen LogP contribution is -2.68. The third-order valence-electron chi connectivity index (χ3n) is 9.81. The van der Waals surface area contributed by atoms with E-state index < -0.39 is 0 Å². The Labute approximate surface area is 228 Å². The summed E-state index contributed by atoms with van der Waals surface area (Å²) in [7, 11) is 0. The van der Waals surface area contributed by atoms with Gasteiger partial charge in [-0.05, 0) is 113 Å². The minimum atomic E-state index is 0.137. The van der Waals surface area contributed by atoms with Crippen molar-refractivity contribution >= 4 is 0 Å². The number of hydrogen-bond acceptors (Lipinski definition) is 4. The lowest BCUT2D eigenvalue weighted by molar-refractivity contribution is -0.0888. The summed E-state index contributed by atoms with van der Waals surface area (Å²) < 4.78 is 0. The summed E-state index contributed by atoms with van der Waals surface area (Å²) >= 11 is 0. The average Bonchev–Trinajstić information content (AvgIpc) is 2.76. The molecule has 1 aliphatic rings. The van der Waals surface area contributed by atoms with Crippen molar-refractivity contribution < 1.29 is 0 Å². The first kappa shape index (κ1) is 33.9. The van der Waals surface area contributed by atoms with Crippen LogP contribution in [-0.4, -0.2) is 62.8 Å². The molecule has 1 atom stereocenters. The minimum absolute atomic E-state index is 0.137. The van der Waals surface area contributed by atoms with Gasteiger partial charge in [0.1, 0.15) is 0 Å². The Morgan fingerprint density at radius 3 is 1.67 bits per heavy atom. The quantitative estimate of drug-likeness (QED) is 0.207. The maximum atomic E-state index is 3.95. The molecule has 0 aromatic rings. The zero-order valence-corrected chi connectivity index (χ0v) is 27.3. The van der Waals surface area contributed by atoms with Crippen LogP contribution in [0.25, 0.3) is 0 Å². The molecular formula is C32H68N4. The fourth-order valence-corrected chi connectivity index (χ4v) is 7.26. The highest BCUT2D eigenvalue weighted by Gasteiger charge is 2.46. The highest BCUT2D eigenvalue weighted by Crippen LogP contribution is 2.39. The monoisotopic (exact) mass is 509 g/mol. The summed E-state index contributed by atoms with van der Waals surface area (Å²) in [5.74, 6) is 0. The number of nitrogens with zero attached hydrogens (tertiary/aromatic N) is 2. The van der Waals surface area contributed by atoms with Gasteiger partial charge in [0.25, 0.3) is 0 Å². The van der Waals surface area contributed by atoms with Crippen molar-refractivity contribution in [2.75, 3.05) is 13.2 Å². The molecule has 1 aliphatic heterocycles. The van der Waals surface area contributed by atoms with Gasteiger partial charge in [0, 0.05) is 39.8 Å². The number of rotatable bonds is 16. The van der Waals surface area contributed by atoms with Crippen LogP contribution >= 0.6 is 0 Å². The zero-order chi connectivity index (χ0) is 28.0. The van der Waals surface area contributed by atoms with Crippen molar-refractivity contribution in [2.45, 2.75) is 194 Å². The van der Waals surface area contributed by atoms with Crippen LogP contribution in [0.15, 0.2) is 0 Å². The molecule has 0 bridgehead atoms. The van der Waals surface area contributed by atoms with Crippen LogP contribution < -0.4 is 10.6 Å². The lowest BCUT2D eigenvalue weighted by atomic mass is 9.77. The van der Waals surface area contributed by atoms with Crippen LogP contribution in [0.1, 0.15) is 155 Å². The Hall–Kier alpha value is -0.160. The van der Waals surface area contributed by atoms with Gasteiger partial charge >= 0.3 is 0 Å². The van der Waals surface area contributed by atoms with E-state index >= 15 is 0 Å². The van der Waals surface area contributed by atoms with Crippen LogP contribution in [-0.2, 0) is 0 Å². The molecule has 1 fully saturated rings. The predicted octanol–water partition coefficient (Wildman–Crippen LogP) is 7.96. The van der Waals surface area contributed by atoms with Gasteiger partial charge in [-0.15, -0.1) is 0 Å². The predicted molar refractivity (Wildman–Crippen MR) is 162 cm³/mol. The normalized spacial score (nSPS) is 20.3. The molecule has 0 aliphatic carbocycles. The van der Waals surface area contributed by atoms with Crippen LogP contribution in [0.4, 0.5) is 0 Å². The standard InChI is InChI=1S/C32H68N4/c1-15-21-26(22-28(7,8)33-20-6)35(31(13,16-2)17-3)25-36(32(14,18-4)19-5)27-23-29(9,10)34-30(11,12)24-27/h26-27,33-34H,15-25H2,1-14H3. The molecule has 0 radical (unpaired) electrons. The van der Waals surface area contributed by atoms with E-state index in [1.807, 2.05) is 0 Å². The number of piperidine rings is 1. The maximum Gasteiger partial charge on any atom is 0.0521 e. The topological polar surface area (TPSA) is 30.5 Å². The van der Waals surface area contributed by atoms with Crippen molar-refractivity contribution in [2.24, 2.45) is 0 Å². The van der Waals surface area contributed by atoms with Crippen LogP contribution in [0, 0.1) is 0 Å². The van der Waals surface area contributed by atoms with E-state index in [-0.39, 0.29) is 27.7 Å². The summed E-state index contributed by atoms with van der Waals surface area (Å²) in [5.41, 5.74) is 0.820. The van der Waals surface area contributed by atoms with Crippen LogP contribution in [0.2, 0.25) is 0 Å². The number of hydrogen-bond donors (Lipinski definition) is 2. The Balaban J connectivity index is 3.62. The summed E-state index contributed by atoms with van der Waals surface area (Å²) in [6.07, 6.45) is 10.9. The third kappa shape index (κ3) is 8.95. The first-order valence-electron chi connectivity index (χ1n) is 15.6. The number of nitrogens with one attached hydrogen (secondary N) is 2. The molecule has 0 amide bonds. The third-order valence-corrected chi connectivity index (χ3v) is 9.81. The second-order valence-corrected chi connectivity index (χ2v) is 14.5. The molecule has 2 N–H and O–H groups in total. The largest absolute Gasteiger partial charge is 0.312 e. The fraction of sp³-hybridized carbons (Fsp3) is 1.00. The second-order valence-electron chi connectivity index (χ2n) is 14.5. The molecule has 1 rings (SSSR count). The van der Waals surface area contributed by atoms with E-state index in [0.717, 1.165) is 13.2 Å². The Kier molecular flexibility index (Phi) is 12.5. The molecule has 1 saturated heterocycles. The Morgan fingerprint density at radius 2 is 1.28 bits per heavy atom. The summed E-state index contributed by atoms with van der Waals surface area (Å²) in [4.78, 5) is 5.95. The van der Waals surface area contributed by atoms with Crippen LogP contribution in [0.3, 0.4) is 0 Å². The Bertz CT molecular complexity index is 614. The Morgan fingerprint density at radius 1 is 0.806 bits per heavy atom. The molecule has 1 heterocycles. The maximum absolute atomic E-state index is 3.95. The molecular weight excluding hydrogens is 440 g/mol. The highest BCUT2D eigenvalue weighted by molar-refractivity contribution is 5.04. The van der Waals surface area contributed by atoms with E-state index in [4.69, 9.17) is 0 Å². The molecule has 216 valence electrons. The summed E-state index contributed by atoms with van der Waals surface area (Å²) in [6, 6.07) is 1.14. The summed E-state index contributed by atoms with van der Waals surface area (Å²) in [6.45, 7) is 35.9. The van der Waals surface area contributed by atoms with Gasteiger partial charge < -0.3 is 10.6 Å². The molecule has 1 unspecified atom stereocenters. The molecule has 0 spiro atoms. The van der Waals surface area contributed by atoms with Crippen molar-refractivity contribution in [3.8, 4) is 0 Å². The van der Waals surface area contributed by atoms with Crippen LogP contribution in [0.5, 0.6) is 0 Å². The van der Waals surface area contributed by atoms with Crippen molar-refractivity contribution in [1.29, 1.82) is 0 Å². The van der Waals surface area contributed by atoms with Gasteiger partial charge in [0.05, 0.1) is 6.67 Å². The van der Waals surface area contributed by atoms with Gasteiger partial charge in [0.2, 0.25) is 0 Å². The molecule has 36 heavy (non-hydrogen) atoms. The van der Waals surface area contributed by atoms with Gasteiger partial charge in [-0.25, -0.2) is 0 Å². The smallest absolute Gasteiger partial charge is 0.0521 e. The van der Waals surface area contributed by atoms with E-state index in [1.165, 1.54) is 57.8 Å². The second kappa shape index (κ2) is 13.3.